The van der Waals surface area contributed by atoms with Crippen LogP contribution in [0.15, 0.2) is 54.6 Å². The summed E-state index contributed by atoms with van der Waals surface area (Å²) in [6.45, 7) is 3.67. The van der Waals surface area contributed by atoms with Gasteiger partial charge in [0, 0.05) is 6.54 Å². The average Bonchev–Trinajstić information content (AvgIpc) is 3.01. The van der Waals surface area contributed by atoms with Crippen LogP contribution in [0.5, 0.6) is 0 Å². The molecule has 1 aliphatic heterocycles. The van der Waals surface area contributed by atoms with Crippen LogP contribution in [0.25, 0.3) is 0 Å². The number of hydrogen-bond acceptors (Lipinski definition) is 1. The highest BCUT2D eigenvalue weighted by Crippen LogP contribution is 2.14. The minimum absolute atomic E-state index is 1.12. The minimum atomic E-state index is 1.12. The van der Waals surface area contributed by atoms with Crippen molar-refractivity contribution < 1.29 is 0 Å². The Bertz CT molecular complexity index is 509. The fraction of sp³-hybridized carbons (Fsp3) is 0.368. The lowest BCUT2D eigenvalue weighted by Gasteiger charge is -2.14. The largest absolute Gasteiger partial charge is 0.299 e. The molecule has 2 aromatic rings. The molecule has 2 aromatic carbocycles. The maximum absolute atomic E-state index is 2.55. The van der Waals surface area contributed by atoms with Crippen molar-refractivity contribution in [2.75, 3.05) is 13.1 Å². The molecule has 3 rings (SSSR count). The normalized spacial score (nSPS) is 15.6. The Hall–Kier alpha value is -1.60. The quantitative estimate of drug-likeness (QED) is 0.788. The first-order valence-electron chi connectivity index (χ1n) is 7.74. The molecule has 0 spiro atoms. The van der Waals surface area contributed by atoms with Gasteiger partial charge in [-0.3, -0.25) is 4.90 Å². The van der Waals surface area contributed by atoms with E-state index in [0.717, 1.165) is 19.4 Å². The van der Waals surface area contributed by atoms with Gasteiger partial charge in [-0.15, -0.1) is 0 Å². The first-order valence-corrected chi connectivity index (χ1v) is 7.74. The van der Waals surface area contributed by atoms with Crippen molar-refractivity contribution in [1.29, 1.82) is 0 Å². The second kappa shape index (κ2) is 6.71. The molecule has 1 saturated heterocycles. The van der Waals surface area contributed by atoms with Gasteiger partial charge < -0.3 is 0 Å². The summed E-state index contributed by atoms with van der Waals surface area (Å²) >= 11 is 0. The lowest BCUT2D eigenvalue weighted by Crippen LogP contribution is -2.18. The van der Waals surface area contributed by atoms with Crippen LogP contribution in [0.1, 0.15) is 29.5 Å². The summed E-state index contributed by atoms with van der Waals surface area (Å²) in [6, 6.07) is 19.9. The number of aryl methyl sites for hydroxylation is 2. The summed E-state index contributed by atoms with van der Waals surface area (Å²) in [5.41, 5.74) is 4.32. The SMILES string of the molecule is c1ccc(CCc2ccc(CN3CCCC3)cc2)cc1. The van der Waals surface area contributed by atoms with Gasteiger partial charge in [-0.1, -0.05) is 54.6 Å². The Labute approximate surface area is 122 Å². The van der Waals surface area contributed by atoms with E-state index >= 15 is 0 Å². The third-order valence-corrected chi connectivity index (χ3v) is 4.17. The van der Waals surface area contributed by atoms with Crippen molar-refractivity contribution in [3.63, 3.8) is 0 Å². The first-order chi connectivity index (χ1) is 9.90. The number of nitrogens with zero attached hydrogens (tertiary/aromatic N) is 1. The monoisotopic (exact) mass is 265 g/mol. The van der Waals surface area contributed by atoms with Gasteiger partial charge in [0.25, 0.3) is 0 Å². The molecule has 0 radical (unpaired) electrons. The van der Waals surface area contributed by atoms with Crippen molar-refractivity contribution in [2.45, 2.75) is 32.2 Å². The molecular formula is C19H23N. The Morgan fingerprint density at radius 1 is 0.650 bits per heavy atom. The highest BCUT2D eigenvalue weighted by atomic mass is 15.1. The average molecular weight is 265 g/mol. The number of likely N-dealkylation sites (tertiary alicyclic amines) is 1. The molecule has 0 atom stereocenters. The Morgan fingerprint density at radius 3 is 1.85 bits per heavy atom. The molecule has 20 heavy (non-hydrogen) atoms. The van der Waals surface area contributed by atoms with Crippen molar-refractivity contribution in [3.8, 4) is 0 Å². The van der Waals surface area contributed by atoms with Crippen molar-refractivity contribution in [2.24, 2.45) is 0 Å². The number of benzene rings is 2. The minimum Gasteiger partial charge on any atom is -0.299 e. The van der Waals surface area contributed by atoms with Crippen LogP contribution in [0, 0.1) is 0 Å². The zero-order valence-electron chi connectivity index (χ0n) is 12.1. The van der Waals surface area contributed by atoms with Gasteiger partial charge in [-0.2, -0.15) is 0 Å². The molecule has 1 heteroatoms. The van der Waals surface area contributed by atoms with Gasteiger partial charge in [-0.25, -0.2) is 0 Å². The van der Waals surface area contributed by atoms with Crippen LogP contribution < -0.4 is 0 Å². The second-order valence-corrected chi connectivity index (χ2v) is 5.79. The van der Waals surface area contributed by atoms with E-state index < -0.39 is 0 Å². The molecular weight excluding hydrogens is 242 g/mol. The highest BCUT2D eigenvalue weighted by molar-refractivity contribution is 5.24. The molecule has 1 aliphatic rings. The van der Waals surface area contributed by atoms with Crippen molar-refractivity contribution in [1.82, 2.24) is 4.90 Å². The number of hydrogen-bond donors (Lipinski definition) is 0. The summed E-state index contributed by atoms with van der Waals surface area (Å²) in [4.78, 5) is 2.55. The molecule has 1 fully saturated rings. The zero-order chi connectivity index (χ0) is 13.6. The topological polar surface area (TPSA) is 3.24 Å². The molecule has 0 aromatic heterocycles. The first kappa shape index (κ1) is 13.4. The lowest BCUT2D eigenvalue weighted by atomic mass is 10.0. The Balaban J connectivity index is 1.53. The molecule has 104 valence electrons. The lowest BCUT2D eigenvalue weighted by molar-refractivity contribution is 0.331. The summed E-state index contributed by atoms with van der Waals surface area (Å²) in [7, 11) is 0. The summed E-state index contributed by atoms with van der Waals surface area (Å²) in [5.74, 6) is 0. The van der Waals surface area contributed by atoms with Crippen LogP contribution in [0.4, 0.5) is 0 Å². The van der Waals surface area contributed by atoms with Crippen molar-refractivity contribution >= 4 is 0 Å². The smallest absolute Gasteiger partial charge is 0.0233 e. The van der Waals surface area contributed by atoms with Gasteiger partial charge in [-0.05, 0) is 55.5 Å². The zero-order valence-corrected chi connectivity index (χ0v) is 12.1. The van der Waals surface area contributed by atoms with Crippen LogP contribution in [-0.4, -0.2) is 18.0 Å². The fourth-order valence-corrected chi connectivity index (χ4v) is 2.94. The van der Waals surface area contributed by atoms with Gasteiger partial charge in [0.1, 0.15) is 0 Å². The van der Waals surface area contributed by atoms with E-state index in [1.807, 2.05) is 0 Å². The van der Waals surface area contributed by atoms with Crippen molar-refractivity contribution in [3.05, 3.63) is 71.3 Å². The third kappa shape index (κ3) is 3.71. The van der Waals surface area contributed by atoms with Crippen LogP contribution in [0.3, 0.4) is 0 Å². The molecule has 0 N–H and O–H groups in total. The van der Waals surface area contributed by atoms with Crippen LogP contribution in [-0.2, 0) is 19.4 Å². The molecule has 0 bridgehead atoms. The maximum Gasteiger partial charge on any atom is 0.0233 e. The predicted molar refractivity (Wildman–Crippen MR) is 84.8 cm³/mol. The van der Waals surface area contributed by atoms with E-state index in [2.05, 4.69) is 59.5 Å². The van der Waals surface area contributed by atoms with Gasteiger partial charge in [0.2, 0.25) is 0 Å². The Kier molecular flexibility index (Phi) is 4.49. The maximum atomic E-state index is 2.55. The van der Waals surface area contributed by atoms with Gasteiger partial charge in [0.15, 0.2) is 0 Å². The summed E-state index contributed by atoms with van der Waals surface area (Å²) in [5, 5.41) is 0. The Morgan fingerprint density at radius 2 is 1.20 bits per heavy atom. The van der Waals surface area contributed by atoms with E-state index in [1.54, 1.807) is 0 Å². The van der Waals surface area contributed by atoms with E-state index in [4.69, 9.17) is 0 Å². The number of rotatable bonds is 5. The van der Waals surface area contributed by atoms with Crippen LogP contribution >= 0.6 is 0 Å². The standard InChI is InChI=1S/C19H23N/c1-2-6-17(7-3-1)8-9-18-10-12-19(13-11-18)16-20-14-4-5-15-20/h1-3,6-7,10-13H,4-5,8-9,14-16H2. The predicted octanol–water partition coefficient (Wildman–Crippen LogP) is 4.07. The van der Waals surface area contributed by atoms with Gasteiger partial charge >= 0.3 is 0 Å². The molecule has 1 heterocycles. The van der Waals surface area contributed by atoms with Crippen LogP contribution in [0.2, 0.25) is 0 Å². The van der Waals surface area contributed by atoms with E-state index in [-0.39, 0.29) is 0 Å². The molecule has 0 saturated carbocycles. The summed E-state index contributed by atoms with van der Waals surface area (Å²) in [6.07, 6.45) is 5.00. The molecule has 0 amide bonds. The van der Waals surface area contributed by atoms with Gasteiger partial charge in [0.05, 0.1) is 0 Å². The fourth-order valence-electron chi connectivity index (χ4n) is 2.94. The summed E-state index contributed by atoms with van der Waals surface area (Å²) < 4.78 is 0. The second-order valence-electron chi connectivity index (χ2n) is 5.79. The van der Waals surface area contributed by atoms with E-state index in [9.17, 15) is 0 Å². The van der Waals surface area contributed by atoms with E-state index in [1.165, 1.54) is 42.6 Å². The van der Waals surface area contributed by atoms with E-state index in [0.29, 0.717) is 0 Å². The third-order valence-electron chi connectivity index (χ3n) is 4.17. The molecule has 0 unspecified atom stereocenters. The highest BCUT2D eigenvalue weighted by Gasteiger charge is 2.11. The molecule has 1 nitrogen and oxygen atoms in total. The molecule has 0 aliphatic carbocycles.